The number of hydrogen-bond acceptors (Lipinski definition) is 7. The van der Waals surface area contributed by atoms with Crippen LogP contribution in [0.4, 0.5) is 0 Å². The van der Waals surface area contributed by atoms with Crippen molar-refractivity contribution in [2.45, 2.75) is 25.4 Å². The van der Waals surface area contributed by atoms with Gasteiger partial charge in [0.05, 0.1) is 23.4 Å². The van der Waals surface area contributed by atoms with Crippen molar-refractivity contribution in [3.63, 3.8) is 0 Å². The molecule has 2 aliphatic rings. The normalized spacial score (nSPS) is 19.2. The van der Waals surface area contributed by atoms with Crippen molar-refractivity contribution in [2.24, 2.45) is 5.92 Å². The molecule has 1 atom stereocenters. The highest BCUT2D eigenvalue weighted by Crippen LogP contribution is 2.30. The van der Waals surface area contributed by atoms with E-state index < -0.39 is 0 Å². The summed E-state index contributed by atoms with van der Waals surface area (Å²) in [6.07, 6.45) is 1.95. The fourth-order valence-electron chi connectivity index (χ4n) is 5.76. The maximum absolute atomic E-state index is 13.6. The second-order valence-corrected chi connectivity index (χ2v) is 11.1. The average Bonchev–Trinajstić information content (AvgIpc) is 3.67. The van der Waals surface area contributed by atoms with E-state index >= 15 is 0 Å². The van der Waals surface area contributed by atoms with Crippen LogP contribution in [0, 0.1) is 5.92 Å². The first-order valence-electron chi connectivity index (χ1n) is 13.5. The lowest BCUT2D eigenvalue weighted by Gasteiger charge is -2.41. The van der Waals surface area contributed by atoms with Gasteiger partial charge < -0.3 is 9.42 Å². The highest BCUT2D eigenvalue weighted by atomic mass is 32.1. The Morgan fingerprint density at radius 3 is 2.29 bits per heavy atom. The van der Waals surface area contributed by atoms with E-state index in [4.69, 9.17) is 4.52 Å². The molecule has 196 valence electrons. The molecule has 0 bridgehead atoms. The largest absolute Gasteiger partial charge is 0.340 e. The summed E-state index contributed by atoms with van der Waals surface area (Å²) in [7, 11) is 0. The Labute approximate surface area is 227 Å². The third-order valence-corrected chi connectivity index (χ3v) is 8.51. The predicted octanol–water partition coefficient (Wildman–Crippen LogP) is 4.94. The number of piperazine rings is 1. The van der Waals surface area contributed by atoms with E-state index in [1.54, 1.807) is 11.3 Å². The smallest absolute Gasteiger partial charge is 0.241 e. The molecule has 7 nitrogen and oxygen atoms in total. The van der Waals surface area contributed by atoms with Crippen LogP contribution in [0.25, 0.3) is 10.7 Å². The summed E-state index contributed by atoms with van der Waals surface area (Å²) in [5.74, 6) is 1.56. The SMILES string of the molecule is O=C(C1CCCN(Cc2nc(-c3cccs3)no2)C1)N1CCN(C(c2ccccc2)c2ccccc2)CC1. The minimum atomic E-state index is 0.0223. The molecule has 0 saturated carbocycles. The van der Waals surface area contributed by atoms with Crippen molar-refractivity contribution in [2.75, 3.05) is 39.3 Å². The van der Waals surface area contributed by atoms with Crippen molar-refractivity contribution < 1.29 is 9.32 Å². The Morgan fingerprint density at radius 2 is 1.63 bits per heavy atom. The Morgan fingerprint density at radius 1 is 0.921 bits per heavy atom. The first-order valence-corrected chi connectivity index (χ1v) is 14.3. The van der Waals surface area contributed by atoms with Crippen molar-refractivity contribution in [3.8, 4) is 10.7 Å². The maximum Gasteiger partial charge on any atom is 0.241 e. The number of amides is 1. The van der Waals surface area contributed by atoms with E-state index in [2.05, 4.69) is 85.5 Å². The number of benzene rings is 2. The number of thiophene rings is 1. The van der Waals surface area contributed by atoms with E-state index in [0.717, 1.165) is 57.0 Å². The van der Waals surface area contributed by atoms with Crippen LogP contribution in [0.5, 0.6) is 0 Å². The van der Waals surface area contributed by atoms with E-state index in [9.17, 15) is 4.79 Å². The van der Waals surface area contributed by atoms with Crippen LogP contribution in [0.1, 0.15) is 35.9 Å². The van der Waals surface area contributed by atoms with Crippen LogP contribution in [0.2, 0.25) is 0 Å². The van der Waals surface area contributed by atoms with Gasteiger partial charge in [-0.15, -0.1) is 11.3 Å². The van der Waals surface area contributed by atoms with Crippen LogP contribution in [0.15, 0.2) is 82.7 Å². The lowest BCUT2D eigenvalue weighted by atomic mass is 9.95. The Kier molecular flexibility index (Phi) is 7.62. The van der Waals surface area contributed by atoms with Crippen LogP contribution in [0.3, 0.4) is 0 Å². The summed E-state index contributed by atoms with van der Waals surface area (Å²) in [5.41, 5.74) is 2.59. The fraction of sp³-hybridized carbons (Fsp3) is 0.367. The number of rotatable bonds is 7. The standard InChI is InChI=1S/C30H33N5O2S/c36-30(25-13-7-15-33(21-25)22-27-31-29(32-37-27)26-14-8-20-38-26)35-18-16-34(17-19-35)28(23-9-3-1-4-10-23)24-11-5-2-6-12-24/h1-6,8-12,14,20,25,28H,7,13,15-19,21-22H2. The average molecular weight is 528 g/mol. The third kappa shape index (κ3) is 5.57. The van der Waals surface area contributed by atoms with E-state index in [1.807, 2.05) is 17.5 Å². The Balaban J connectivity index is 1.06. The van der Waals surface area contributed by atoms with Gasteiger partial charge in [0.2, 0.25) is 17.6 Å². The molecule has 2 aromatic heterocycles. The third-order valence-electron chi connectivity index (χ3n) is 7.64. The summed E-state index contributed by atoms with van der Waals surface area (Å²) < 4.78 is 5.51. The Bertz CT molecular complexity index is 1260. The van der Waals surface area contributed by atoms with Crippen LogP contribution in [-0.4, -0.2) is 70.0 Å². The first-order chi connectivity index (χ1) is 18.7. The summed E-state index contributed by atoms with van der Waals surface area (Å²) in [6, 6.07) is 25.6. The van der Waals surface area contributed by atoms with E-state index in [0.29, 0.717) is 18.3 Å². The molecule has 0 radical (unpaired) electrons. The van der Waals surface area contributed by atoms with E-state index in [-0.39, 0.29) is 17.9 Å². The topological polar surface area (TPSA) is 65.7 Å². The fourth-order valence-corrected chi connectivity index (χ4v) is 6.41. The quantitative estimate of drug-likeness (QED) is 0.339. The molecular formula is C30H33N5O2S. The predicted molar refractivity (Wildman–Crippen MR) is 148 cm³/mol. The summed E-state index contributed by atoms with van der Waals surface area (Å²) in [6.45, 7) is 5.54. The zero-order valence-corrected chi connectivity index (χ0v) is 22.3. The highest BCUT2D eigenvalue weighted by molar-refractivity contribution is 7.13. The summed E-state index contributed by atoms with van der Waals surface area (Å²) >= 11 is 1.60. The van der Waals surface area contributed by atoms with Gasteiger partial charge in [-0.25, -0.2) is 0 Å². The number of carbonyl (C=O) groups excluding carboxylic acids is 1. The molecule has 6 rings (SSSR count). The molecule has 1 amide bonds. The van der Waals surface area contributed by atoms with Gasteiger partial charge in [0.25, 0.3) is 0 Å². The van der Waals surface area contributed by atoms with Gasteiger partial charge in [0.1, 0.15) is 0 Å². The van der Waals surface area contributed by atoms with Crippen LogP contribution < -0.4 is 0 Å². The number of piperidine rings is 1. The zero-order chi connectivity index (χ0) is 25.7. The zero-order valence-electron chi connectivity index (χ0n) is 21.5. The molecule has 0 aliphatic carbocycles. The Hall–Kier alpha value is -3.33. The van der Waals surface area contributed by atoms with Gasteiger partial charge in [0, 0.05) is 32.7 Å². The number of aromatic nitrogens is 2. The number of nitrogens with zero attached hydrogens (tertiary/aromatic N) is 5. The van der Waals surface area contributed by atoms with Gasteiger partial charge >= 0.3 is 0 Å². The molecule has 0 spiro atoms. The second-order valence-electron chi connectivity index (χ2n) is 10.1. The van der Waals surface area contributed by atoms with Gasteiger partial charge in [-0.05, 0) is 42.0 Å². The van der Waals surface area contributed by atoms with Crippen LogP contribution >= 0.6 is 11.3 Å². The second kappa shape index (κ2) is 11.6. The molecule has 4 heterocycles. The van der Waals surface area contributed by atoms with E-state index in [1.165, 1.54) is 11.1 Å². The minimum Gasteiger partial charge on any atom is -0.340 e. The number of likely N-dealkylation sites (tertiary alicyclic amines) is 1. The van der Waals surface area contributed by atoms with Gasteiger partial charge in [-0.2, -0.15) is 4.98 Å². The van der Waals surface area contributed by atoms with Gasteiger partial charge in [0.15, 0.2) is 0 Å². The first kappa shape index (κ1) is 25.0. The molecular weight excluding hydrogens is 494 g/mol. The number of carbonyl (C=O) groups is 1. The molecule has 2 saturated heterocycles. The van der Waals surface area contributed by atoms with Crippen molar-refractivity contribution in [3.05, 3.63) is 95.2 Å². The van der Waals surface area contributed by atoms with Crippen LogP contribution in [-0.2, 0) is 11.3 Å². The summed E-state index contributed by atoms with van der Waals surface area (Å²) in [4.78, 5) is 26.0. The van der Waals surface area contributed by atoms with Crippen molar-refractivity contribution in [1.82, 2.24) is 24.8 Å². The molecule has 0 N–H and O–H groups in total. The molecule has 38 heavy (non-hydrogen) atoms. The molecule has 2 aliphatic heterocycles. The highest BCUT2D eigenvalue weighted by Gasteiger charge is 2.33. The lowest BCUT2D eigenvalue weighted by molar-refractivity contribution is -0.139. The molecule has 1 unspecified atom stereocenters. The van der Waals surface area contributed by atoms with Crippen molar-refractivity contribution in [1.29, 1.82) is 0 Å². The lowest BCUT2D eigenvalue weighted by Crippen LogP contribution is -2.53. The molecule has 8 heteroatoms. The molecule has 4 aromatic rings. The summed E-state index contributed by atoms with van der Waals surface area (Å²) in [5, 5.41) is 6.14. The van der Waals surface area contributed by atoms with Crippen molar-refractivity contribution >= 4 is 17.2 Å². The monoisotopic (exact) mass is 527 g/mol. The minimum absolute atomic E-state index is 0.0223. The van der Waals surface area contributed by atoms with Gasteiger partial charge in [-0.3, -0.25) is 14.6 Å². The van der Waals surface area contributed by atoms with Gasteiger partial charge in [-0.1, -0.05) is 71.9 Å². The molecule has 2 fully saturated rings. The maximum atomic E-state index is 13.6. The number of hydrogen-bond donors (Lipinski definition) is 0. The molecule has 2 aromatic carbocycles.